The topological polar surface area (TPSA) is 20.7 Å². The first kappa shape index (κ1) is 27.8. The zero-order valence-corrected chi connectivity index (χ0v) is 25.3. The number of hydrogen-bond acceptors (Lipinski definition) is 0. The lowest BCUT2D eigenvalue weighted by molar-refractivity contribution is 0.524. The molecule has 0 bridgehead atoms. The van der Waals surface area contributed by atoms with Crippen LogP contribution in [0.1, 0.15) is 70.3 Å². The van der Waals surface area contributed by atoms with E-state index in [0.29, 0.717) is 0 Å². The lowest BCUT2D eigenvalue weighted by Crippen LogP contribution is -2.22. The van der Waals surface area contributed by atoms with Crippen molar-refractivity contribution >= 4 is 0 Å². The number of hydrogen-bond donors (Lipinski definition) is 1. The number of aromatic amines is 1. The van der Waals surface area contributed by atoms with Gasteiger partial charge in [-0.2, -0.15) is 0 Å². The summed E-state index contributed by atoms with van der Waals surface area (Å²) in [5.41, 5.74) is 13.0. The average molecular weight is 529 g/mol. The Kier molecular flexibility index (Phi) is 7.64. The summed E-state index contributed by atoms with van der Waals surface area (Å²) in [7, 11) is 2.19. The molecule has 0 amide bonds. The molecule has 1 N–H and O–H groups in total. The van der Waals surface area contributed by atoms with E-state index >= 15 is 0 Å². The van der Waals surface area contributed by atoms with Crippen molar-refractivity contribution in [1.29, 1.82) is 0 Å². The van der Waals surface area contributed by atoms with Crippen LogP contribution in [-0.2, 0) is 30.7 Å². The Balaban J connectivity index is 1.61. The number of aromatic nitrogens is 2. The predicted octanol–water partition coefficient (Wildman–Crippen LogP) is 10.1. The van der Waals surface area contributed by atoms with Gasteiger partial charge in [-0.25, -0.2) is 0 Å². The maximum atomic E-state index is 3.68. The number of H-pyrrole nitrogens is 1. The van der Waals surface area contributed by atoms with Crippen LogP contribution in [0.2, 0.25) is 0 Å². The van der Waals surface area contributed by atoms with Gasteiger partial charge in [0.1, 0.15) is 0 Å². The van der Waals surface area contributed by atoms with Crippen LogP contribution in [0.5, 0.6) is 0 Å². The van der Waals surface area contributed by atoms with Crippen molar-refractivity contribution in [1.82, 2.24) is 9.55 Å². The van der Waals surface area contributed by atoms with Crippen LogP contribution in [0.4, 0.5) is 0 Å². The lowest BCUT2D eigenvalue weighted by atomic mass is 9.75. The number of nitrogens with one attached hydrogen (secondary N) is 1. The molecule has 5 rings (SSSR count). The fourth-order valence-corrected chi connectivity index (χ4v) is 5.92. The minimum Gasteiger partial charge on any atom is -0.358 e. The number of benzene rings is 3. The minimum absolute atomic E-state index is 0.0916. The van der Waals surface area contributed by atoms with E-state index in [1.165, 1.54) is 56.0 Å². The highest BCUT2D eigenvalue weighted by Crippen LogP contribution is 2.41. The smallest absolute Gasteiger partial charge is 0.0483 e. The fraction of sp³-hybridized carbons (Fsp3) is 0.316. The van der Waals surface area contributed by atoms with Gasteiger partial charge in [0.25, 0.3) is 0 Å². The van der Waals surface area contributed by atoms with E-state index in [2.05, 4.69) is 155 Å². The standard InChI is InChI=1S/C38H44N2/c1-8-14-31-20-22-35(39-31)32-18-13-12-17-29(32)25-38(5,6)34-21-19-28(27-15-10-9-11-16-27)23-33(34)36-24-30(26-40(36)7)37(2,3)4/h9-13,15-24,26,39H,8,14,25H2,1-7H3. The molecule has 0 aliphatic heterocycles. The summed E-state index contributed by atoms with van der Waals surface area (Å²) in [4.78, 5) is 3.68. The second kappa shape index (κ2) is 11.0. The molecule has 0 aliphatic rings. The van der Waals surface area contributed by atoms with Gasteiger partial charge in [-0.3, -0.25) is 0 Å². The first-order valence-corrected chi connectivity index (χ1v) is 14.7. The summed E-state index contributed by atoms with van der Waals surface area (Å²) in [6, 6.07) is 33.6. The van der Waals surface area contributed by atoms with Crippen LogP contribution in [0, 0.1) is 0 Å². The van der Waals surface area contributed by atoms with Crippen molar-refractivity contribution in [2.24, 2.45) is 7.05 Å². The Morgan fingerprint density at radius 1 is 0.725 bits per heavy atom. The van der Waals surface area contributed by atoms with Gasteiger partial charge in [-0.1, -0.05) is 115 Å². The van der Waals surface area contributed by atoms with E-state index in [0.717, 1.165) is 19.3 Å². The molecule has 2 heterocycles. The summed E-state index contributed by atoms with van der Waals surface area (Å²) in [5.74, 6) is 0. The molecule has 0 spiro atoms. The van der Waals surface area contributed by atoms with Crippen molar-refractivity contribution in [3.8, 4) is 33.6 Å². The summed E-state index contributed by atoms with van der Waals surface area (Å²) >= 11 is 0. The van der Waals surface area contributed by atoms with Crippen LogP contribution in [0.15, 0.2) is 97.2 Å². The van der Waals surface area contributed by atoms with Gasteiger partial charge >= 0.3 is 0 Å². The van der Waals surface area contributed by atoms with Crippen molar-refractivity contribution < 1.29 is 0 Å². The molecule has 0 fully saturated rings. The SMILES string of the molecule is CCCc1ccc(-c2ccccc2CC(C)(C)c2ccc(-c3ccccc3)cc2-c2cc(C(C)(C)C)cn2C)[nH]1. The number of nitrogens with zero attached hydrogens (tertiary/aromatic N) is 1. The van der Waals surface area contributed by atoms with E-state index < -0.39 is 0 Å². The number of aryl methyl sites for hydroxylation is 2. The molecule has 2 nitrogen and oxygen atoms in total. The van der Waals surface area contributed by atoms with Crippen molar-refractivity contribution in [3.63, 3.8) is 0 Å². The second-order valence-corrected chi connectivity index (χ2v) is 13.0. The monoisotopic (exact) mass is 528 g/mol. The molecule has 0 aliphatic carbocycles. The fourth-order valence-electron chi connectivity index (χ4n) is 5.92. The van der Waals surface area contributed by atoms with Gasteiger partial charge in [0.15, 0.2) is 0 Å². The zero-order valence-electron chi connectivity index (χ0n) is 25.3. The van der Waals surface area contributed by atoms with Crippen LogP contribution in [0.25, 0.3) is 33.6 Å². The van der Waals surface area contributed by atoms with Crippen molar-refractivity contribution in [3.05, 3.63) is 120 Å². The van der Waals surface area contributed by atoms with Crippen LogP contribution < -0.4 is 0 Å². The Morgan fingerprint density at radius 3 is 2.15 bits per heavy atom. The Morgan fingerprint density at radius 2 is 1.45 bits per heavy atom. The molecule has 5 aromatic rings. The molecule has 0 radical (unpaired) electrons. The first-order chi connectivity index (χ1) is 19.1. The molecule has 206 valence electrons. The molecular weight excluding hydrogens is 484 g/mol. The predicted molar refractivity (Wildman–Crippen MR) is 172 cm³/mol. The lowest BCUT2D eigenvalue weighted by Gasteiger charge is -2.30. The summed E-state index contributed by atoms with van der Waals surface area (Å²) in [6.45, 7) is 13.9. The Bertz CT molecular complexity index is 1590. The highest BCUT2D eigenvalue weighted by Gasteiger charge is 2.28. The van der Waals surface area contributed by atoms with Gasteiger partial charge in [0.2, 0.25) is 0 Å². The second-order valence-electron chi connectivity index (χ2n) is 13.0. The third-order valence-corrected chi connectivity index (χ3v) is 8.21. The van der Waals surface area contributed by atoms with Crippen molar-refractivity contribution in [2.45, 2.75) is 71.6 Å². The van der Waals surface area contributed by atoms with E-state index in [4.69, 9.17) is 0 Å². The number of rotatable bonds is 8. The maximum absolute atomic E-state index is 3.68. The summed E-state index contributed by atoms with van der Waals surface area (Å²) < 4.78 is 2.31. The molecule has 40 heavy (non-hydrogen) atoms. The van der Waals surface area contributed by atoms with Crippen molar-refractivity contribution in [2.75, 3.05) is 0 Å². The summed E-state index contributed by atoms with van der Waals surface area (Å²) in [6.07, 6.45) is 5.47. The van der Waals surface area contributed by atoms with Gasteiger partial charge in [0, 0.05) is 41.5 Å². The molecule has 2 aromatic heterocycles. The van der Waals surface area contributed by atoms with Crippen LogP contribution in [0.3, 0.4) is 0 Å². The normalized spacial score (nSPS) is 12.2. The molecule has 0 saturated heterocycles. The zero-order chi connectivity index (χ0) is 28.5. The quantitative estimate of drug-likeness (QED) is 0.207. The van der Waals surface area contributed by atoms with Gasteiger partial charge < -0.3 is 9.55 Å². The van der Waals surface area contributed by atoms with Gasteiger partial charge in [-0.15, -0.1) is 0 Å². The highest BCUT2D eigenvalue weighted by atomic mass is 14.9. The average Bonchev–Trinajstić information content (AvgIpc) is 3.56. The Hall–Kier alpha value is -3.78. The van der Waals surface area contributed by atoms with E-state index in [-0.39, 0.29) is 10.8 Å². The van der Waals surface area contributed by atoms with E-state index in [1.807, 2.05) is 0 Å². The first-order valence-electron chi connectivity index (χ1n) is 14.7. The largest absolute Gasteiger partial charge is 0.358 e. The minimum atomic E-state index is -0.0916. The summed E-state index contributed by atoms with van der Waals surface area (Å²) in [5, 5.41) is 0. The molecule has 3 aromatic carbocycles. The van der Waals surface area contributed by atoms with Gasteiger partial charge in [0.05, 0.1) is 0 Å². The molecular formula is C38H44N2. The highest BCUT2D eigenvalue weighted by molar-refractivity contribution is 5.76. The van der Waals surface area contributed by atoms with Crippen LogP contribution in [-0.4, -0.2) is 9.55 Å². The van der Waals surface area contributed by atoms with E-state index in [1.54, 1.807) is 0 Å². The third kappa shape index (κ3) is 5.72. The molecule has 2 heteroatoms. The molecule has 0 atom stereocenters. The van der Waals surface area contributed by atoms with Crippen LogP contribution >= 0.6 is 0 Å². The molecule has 0 unspecified atom stereocenters. The van der Waals surface area contributed by atoms with Gasteiger partial charge in [-0.05, 0) is 75.8 Å². The molecule has 0 saturated carbocycles. The Labute approximate surface area is 241 Å². The third-order valence-electron chi connectivity index (χ3n) is 8.21. The maximum Gasteiger partial charge on any atom is 0.0483 e. The van der Waals surface area contributed by atoms with E-state index in [9.17, 15) is 0 Å².